The summed E-state index contributed by atoms with van der Waals surface area (Å²) in [4.78, 5) is 32.7. The number of nitrogens with one attached hydrogen (secondary N) is 2. The molecule has 0 radical (unpaired) electrons. The largest absolute Gasteiger partial charge is 0.444 e. The zero-order valence-electron chi connectivity index (χ0n) is 14.6. The van der Waals surface area contributed by atoms with E-state index < -0.39 is 11.7 Å². The van der Waals surface area contributed by atoms with E-state index in [-0.39, 0.29) is 5.91 Å². The monoisotopic (exact) mass is 370 g/mol. The molecule has 0 fully saturated rings. The number of fused-ring (bicyclic) bond motifs is 1. The van der Waals surface area contributed by atoms with Crippen molar-refractivity contribution in [1.29, 1.82) is 0 Å². The standard InChI is InChI=1S/C18H18N4O3S/c1-18(2,3)25-17(24)22-14-9-19-7-6-12(14)21-16(23)11-4-5-15-13(8-11)20-10-26-15/h4-10H,1-3H3,(H,22,24)(H,19,21,23). The van der Waals surface area contributed by atoms with Crippen LogP contribution in [0.1, 0.15) is 31.1 Å². The van der Waals surface area contributed by atoms with Crippen LogP contribution in [0.5, 0.6) is 0 Å². The van der Waals surface area contributed by atoms with Crippen LogP contribution in [-0.4, -0.2) is 27.6 Å². The molecule has 0 saturated heterocycles. The molecule has 134 valence electrons. The molecule has 0 aliphatic rings. The van der Waals surface area contributed by atoms with Crippen LogP contribution in [0.25, 0.3) is 10.2 Å². The molecule has 0 bridgehead atoms. The van der Waals surface area contributed by atoms with E-state index in [1.807, 2.05) is 6.07 Å². The topological polar surface area (TPSA) is 93.2 Å². The maximum atomic E-state index is 12.5. The van der Waals surface area contributed by atoms with Crippen molar-refractivity contribution in [2.24, 2.45) is 0 Å². The van der Waals surface area contributed by atoms with Crippen molar-refractivity contribution in [3.63, 3.8) is 0 Å². The lowest BCUT2D eigenvalue weighted by Crippen LogP contribution is -2.27. The van der Waals surface area contributed by atoms with Crippen molar-refractivity contribution in [2.45, 2.75) is 26.4 Å². The lowest BCUT2D eigenvalue weighted by atomic mass is 10.2. The van der Waals surface area contributed by atoms with Gasteiger partial charge in [-0.1, -0.05) is 0 Å². The normalized spacial score (nSPS) is 11.2. The van der Waals surface area contributed by atoms with Gasteiger partial charge in [-0.15, -0.1) is 11.3 Å². The van der Waals surface area contributed by atoms with Gasteiger partial charge in [0.2, 0.25) is 0 Å². The minimum absolute atomic E-state index is 0.307. The molecule has 0 unspecified atom stereocenters. The molecule has 2 N–H and O–H groups in total. The molecule has 2 heterocycles. The molecule has 0 atom stereocenters. The number of aromatic nitrogens is 2. The van der Waals surface area contributed by atoms with Crippen molar-refractivity contribution >= 4 is 44.9 Å². The molecule has 0 spiro atoms. The first-order chi connectivity index (χ1) is 12.3. The number of carbonyl (C=O) groups excluding carboxylic acids is 2. The Balaban J connectivity index is 1.77. The number of benzene rings is 1. The smallest absolute Gasteiger partial charge is 0.412 e. The fourth-order valence-corrected chi connectivity index (χ4v) is 2.87. The maximum absolute atomic E-state index is 12.5. The van der Waals surface area contributed by atoms with E-state index in [4.69, 9.17) is 4.74 Å². The Morgan fingerprint density at radius 1 is 1.12 bits per heavy atom. The zero-order valence-corrected chi connectivity index (χ0v) is 15.4. The molecule has 3 aromatic rings. The summed E-state index contributed by atoms with van der Waals surface area (Å²) >= 11 is 1.51. The van der Waals surface area contributed by atoms with Crippen LogP contribution in [-0.2, 0) is 4.74 Å². The van der Waals surface area contributed by atoms with Gasteiger partial charge in [0.05, 0.1) is 33.3 Å². The predicted octanol–water partition coefficient (Wildman–Crippen LogP) is 4.29. The van der Waals surface area contributed by atoms with Gasteiger partial charge >= 0.3 is 6.09 Å². The van der Waals surface area contributed by atoms with E-state index in [2.05, 4.69) is 20.6 Å². The summed E-state index contributed by atoms with van der Waals surface area (Å²) in [7, 11) is 0. The number of carbonyl (C=O) groups is 2. The third-order valence-electron chi connectivity index (χ3n) is 3.30. The maximum Gasteiger partial charge on any atom is 0.412 e. The Hall–Kier alpha value is -3.00. The van der Waals surface area contributed by atoms with Crippen LogP contribution in [0.4, 0.5) is 16.2 Å². The van der Waals surface area contributed by atoms with Crippen molar-refractivity contribution in [3.05, 3.63) is 47.7 Å². The highest BCUT2D eigenvalue weighted by atomic mass is 32.1. The van der Waals surface area contributed by atoms with Gasteiger partial charge in [0.15, 0.2) is 0 Å². The first-order valence-corrected chi connectivity index (χ1v) is 8.78. The molecule has 8 heteroatoms. The average Bonchev–Trinajstić information content (AvgIpc) is 3.02. The highest BCUT2D eigenvalue weighted by Crippen LogP contribution is 2.23. The molecule has 0 aliphatic heterocycles. The highest BCUT2D eigenvalue weighted by Gasteiger charge is 2.18. The van der Waals surface area contributed by atoms with E-state index in [1.165, 1.54) is 23.7 Å². The number of nitrogens with zero attached hydrogens (tertiary/aromatic N) is 2. The van der Waals surface area contributed by atoms with E-state index in [9.17, 15) is 9.59 Å². The Morgan fingerprint density at radius 2 is 1.92 bits per heavy atom. The molecule has 26 heavy (non-hydrogen) atoms. The summed E-state index contributed by atoms with van der Waals surface area (Å²) in [5.41, 5.74) is 3.13. The van der Waals surface area contributed by atoms with Crippen LogP contribution < -0.4 is 10.6 Å². The molecule has 2 aromatic heterocycles. The molecule has 2 amide bonds. The Labute approximate surface area is 154 Å². The van der Waals surface area contributed by atoms with E-state index in [0.717, 1.165) is 10.2 Å². The number of hydrogen-bond donors (Lipinski definition) is 2. The van der Waals surface area contributed by atoms with Crippen LogP contribution in [0, 0.1) is 0 Å². The van der Waals surface area contributed by atoms with Crippen molar-refractivity contribution in [3.8, 4) is 0 Å². The summed E-state index contributed by atoms with van der Waals surface area (Å²) < 4.78 is 6.24. The Bertz CT molecular complexity index is 962. The van der Waals surface area contributed by atoms with E-state index in [1.54, 1.807) is 44.5 Å². The van der Waals surface area contributed by atoms with Gasteiger partial charge in [0, 0.05) is 11.8 Å². The van der Waals surface area contributed by atoms with Gasteiger partial charge in [-0.05, 0) is 45.0 Å². The quantitative estimate of drug-likeness (QED) is 0.717. The lowest BCUT2D eigenvalue weighted by Gasteiger charge is -2.20. The number of rotatable bonds is 3. The fraction of sp³-hybridized carbons (Fsp3) is 0.222. The Kier molecular flexibility index (Phi) is 4.85. The van der Waals surface area contributed by atoms with Crippen molar-refractivity contribution in [1.82, 2.24) is 9.97 Å². The number of thiazole rings is 1. The first-order valence-electron chi connectivity index (χ1n) is 7.90. The molecule has 0 saturated carbocycles. The predicted molar refractivity (Wildman–Crippen MR) is 102 cm³/mol. The molecule has 0 aliphatic carbocycles. The van der Waals surface area contributed by atoms with E-state index in [0.29, 0.717) is 16.9 Å². The van der Waals surface area contributed by atoms with Crippen molar-refractivity contribution < 1.29 is 14.3 Å². The van der Waals surface area contributed by atoms with Gasteiger partial charge in [-0.25, -0.2) is 9.78 Å². The van der Waals surface area contributed by atoms with Gasteiger partial charge < -0.3 is 10.1 Å². The molecule has 7 nitrogen and oxygen atoms in total. The first kappa shape index (κ1) is 17.8. The van der Waals surface area contributed by atoms with Crippen LogP contribution >= 0.6 is 11.3 Å². The summed E-state index contributed by atoms with van der Waals surface area (Å²) in [6, 6.07) is 6.92. The molecule has 3 rings (SSSR count). The number of hydrogen-bond acceptors (Lipinski definition) is 6. The summed E-state index contributed by atoms with van der Waals surface area (Å²) in [6.07, 6.45) is 2.35. The lowest BCUT2D eigenvalue weighted by molar-refractivity contribution is 0.0635. The number of amides is 2. The summed E-state index contributed by atoms with van der Waals surface area (Å²) in [5, 5.41) is 5.38. The van der Waals surface area contributed by atoms with Crippen LogP contribution in [0.3, 0.4) is 0 Å². The highest BCUT2D eigenvalue weighted by molar-refractivity contribution is 7.16. The summed E-state index contributed by atoms with van der Waals surface area (Å²) in [5.74, 6) is -0.307. The van der Waals surface area contributed by atoms with Gasteiger partial charge in [-0.2, -0.15) is 0 Å². The van der Waals surface area contributed by atoms with Crippen LogP contribution in [0.2, 0.25) is 0 Å². The molecular formula is C18H18N4O3S. The second-order valence-electron chi connectivity index (χ2n) is 6.54. The number of anilines is 2. The minimum Gasteiger partial charge on any atom is -0.444 e. The minimum atomic E-state index is -0.626. The second kappa shape index (κ2) is 7.09. The van der Waals surface area contributed by atoms with Crippen molar-refractivity contribution in [2.75, 3.05) is 10.6 Å². The van der Waals surface area contributed by atoms with Gasteiger partial charge in [-0.3, -0.25) is 15.1 Å². The third-order valence-corrected chi connectivity index (χ3v) is 4.11. The number of pyridine rings is 1. The third kappa shape index (κ3) is 4.34. The molecular weight excluding hydrogens is 352 g/mol. The Morgan fingerprint density at radius 3 is 2.69 bits per heavy atom. The van der Waals surface area contributed by atoms with Gasteiger partial charge in [0.1, 0.15) is 5.60 Å². The zero-order chi connectivity index (χ0) is 18.7. The number of ether oxygens (including phenoxy) is 1. The summed E-state index contributed by atoms with van der Waals surface area (Å²) in [6.45, 7) is 5.31. The van der Waals surface area contributed by atoms with Crippen LogP contribution in [0.15, 0.2) is 42.2 Å². The molecule has 1 aromatic carbocycles. The van der Waals surface area contributed by atoms with Gasteiger partial charge in [0.25, 0.3) is 5.91 Å². The fourth-order valence-electron chi connectivity index (χ4n) is 2.21. The van der Waals surface area contributed by atoms with E-state index >= 15 is 0 Å². The average molecular weight is 370 g/mol. The SMILES string of the molecule is CC(C)(C)OC(=O)Nc1cnccc1NC(=O)c1ccc2scnc2c1. The second-order valence-corrected chi connectivity index (χ2v) is 7.42.